The highest BCUT2D eigenvalue weighted by Gasteiger charge is 2.46. The Kier molecular flexibility index (Phi) is 6.51. The van der Waals surface area contributed by atoms with Crippen molar-refractivity contribution in [1.82, 2.24) is 0 Å². The molecule has 31 heavy (non-hydrogen) atoms. The monoisotopic (exact) mass is 426 g/mol. The highest BCUT2D eigenvalue weighted by atomic mass is 19.1. The minimum atomic E-state index is -0.344. The number of piperazine rings is 1. The number of hydrogen-bond donors (Lipinski definition) is 1. The summed E-state index contributed by atoms with van der Waals surface area (Å²) in [4.78, 5) is 30.4. The molecule has 0 saturated carbocycles. The van der Waals surface area contributed by atoms with E-state index in [1.807, 2.05) is 12.1 Å². The van der Waals surface area contributed by atoms with E-state index in [1.54, 1.807) is 24.3 Å². The van der Waals surface area contributed by atoms with Gasteiger partial charge in [0.2, 0.25) is 5.91 Å². The predicted octanol–water partition coefficient (Wildman–Crippen LogP) is 2.04. The van der Waals surface area contributed by atoms with Gasteiger partial charge in [0.05, 0.1) is 44.9 Å². The Hall–Kier alpha value is -2.93. The van der Waals surface area contributed by atoms with Crippen LogP contribution in [0.2, 0.25) is 0 Å². The summed E-state index contributed by atoms with van der Waals surface area (Å²) < 4.78 is 18.8. The fourth-order valence-corrected chi connectivity index (χ4v) is 4.30. The summed E-state index contributed by atoms with van der Waals surface area (Å²) in [6.45, 7) is 5.83. The van der Waals surface area contributed by atoms with Gasteiger partial charge in [0, 0.05) is 5.69 Å². The van der Waals surface area contributed by atoms with Crippen molar-refractivity contribution < 1.29 is 23.6 Å². The van der Waals surface area contributed by atoms with E-state index >= 15 is 0 Å². The Bertz CT molecular complexity index is 909. The summed E-state index contributed by atoms with van der Waals surface area (Å²) in [6.07, 6.45) is 2.29. The molecule has 1 atom stereocenters. The van der Waals surface area contributed by atoms with E-state index in [4.69, 9.17) is 4.74 Å². The van der Waals surface area contributed by atoms with Crippen LogP contribution in [-0.2, 0) is 9.59 Å². The van der Waals surface area contributed by atoms with E-state index in [2.05, 4.69) is 11.8 Å². The summed E-state index contributed by atoms with van der Waals surface area (Å²) in [6, 6.07) is 13.3. The van der Waals surface area contributed by atoms with Crippen molar-refractivity contribution in [3.63, 3.8) is 0 Å². The van der Waals surface area contributed by atoms with Crippen molar-refractivity contribution in [3.8, 4) is 5.75 Å². The van der Waals surface area contributed by atoms with Gasteiger partial charge in [0.1, 0.15) is 11.6 Å². The normalized spacial score (nSPS) is 19.9. The maximum Gasteiger partial charge on any atom is 0.292 e. The van der Waals surface area contributed by atoms with E-state index in [9.17, 15) is 14.0 Å². The molecule has 2 aromatic carbocycles. The number of quaternary nitrogens is 1. The zero-order valence-electron chi connectivity index (χ0n) is 17.9. The van der Waals surface area contributed by atoms with Gasteiger partial charge < -0.3 is 14.5 Å². The van der Waals surface area contributed by atoms with E-state index in [0.29, 0.717) is 12.3 Å². The molecule has 0 radical (unpaired) electrons. The van der Waals surface area contributed by atoms with E-state index < -0.39 is 0 Å². The first-order valence-electron chi connectivity index (χ1n) is 11.0. The summed E-state index contributed by atoms with van der Waals surface area (Å²) >= 11 is 0. The van der Waals surface area contributed by atoms with E-state index in [0.717, 1.165) is 55.4 Å². The third-order valence-corrected chi connectivity index (χ3v) is 6.10. The average Bonchev–Trinajstić information content (AvgIpc) is 3.09. The molecule has 2 heterocycles. The first-order valence-corrected chi connectivity index (χ1v) is 11.0. The lowest BCUT2D eigenvalue weighted by molar-refractivity contribution is -0.915. The smallest absolute Gasteiger partial charge is 0.292 e. The minimum absolute atomic E-state index is 0.130. The van der Waals surface area contributed by atoms with Gasteiger partial charge in [0.15, 0.2) is 6.04 Å². The standard InChI is InChI=1S/C24H28FN3O3/c1-2-3-16-31-21-10-8-20(9-11-21)28-23(29)17-22(24(28)30)27-14-12-26(13-15-27)19-6-4-18(25)5-7-19/h4-11,22H,2-3,12-17H2,1H3/p+1/t22-/m1/s1. The Morgan fingerprint density at radius 3 is 2.29 bits per heavy atom. The summed E-state index contributed by atoms with van der Waals surface area (Å²) in [7, 11) is 0. The lowest BCUT2D eigenvalue weighted by Crippen LogP contribution is -3.19. The van der Waals surface area contributed by atoms with Crippen LogP contribution in [0.3, 0.4) is 0 Å². The number of rotatable bonds is 7. The van der Waals surface area contributed by atoms with Gasteiger partial charge in [-0.2, -0.15) is 0 Å². The number of amides is 2. The van der Waals surface area contributed by atoms with Crippen LogP contribution < -0.4 is 19.4 Å². The third-order valence-electron chi connectivity index (χ3n) is 6.10. The maximum atomic E-state index is 13.2. The van der Waals surface area contributed by atoms with Crippen molar-refractivity contribution >= 4 is 23.2 Å². The molecule has 0 spiro atoms. The number of carbonyl (C=O) groups excluding carboxylic acids is 2. The lowest BCUT2D eigenvalue weighted by Gasteiger charge is -2.35. The van der Waals surface area contributed by atoms with E-state index in [-0.39, 0.29) is 30.1 Å². The molecule has 2 saturated heterocycles. The SMILES string of the molecule is CCCCOc1ccc(N2C(=O)C[C@@H]([NH+]3CCN(c4ccc(F)cc4)CC3)C2=O)cc1. The first-order chi connectivity index (χ1) is 15.1. The predicted molar refractivity (Wildman–Crippen MR) is 117 cm³/mol. The van der Waals surface area contributed by atoms with Crippen LogP contribution in [0.5, 0.6) is 5.75 Å². The van der Waals surface area contributed by atoms with Crippen LogP contribution >= 0.6 is 0 Å². The number of imide groups is 1. The molecule has 2 aliphatic heterocycles. The molecule has 0 aromatic heterocycles. The maximum absolute atomic E-state index is 13.2. The summed E-state index contributed by atoms with van der Waals surface area (Å²) in [5.41, 5.74) is 1.59. The minimum Gasteiger partial charge on any atom is -0.494 e. The van der Waals surface area contributed by atoms with Gasteiger partial charge >= 0.3 is 0 Å². The molecular weight excluding hydrogens is 397 g/mol. The number of nitrogens with one attached hydrogen (secondary N) is 1. The second kappa shape index (κ2) is 9.47. The average molecular weight is 427 g/mol. The first kappa shape index (κ1) is 21.3. The fraction of sp³-hybridized carbons (Fsp3) is 0.417. The van der Waals surface area contributed by atoms with E-state index in [1.165, 1.54) is 17.0 Å². The molecule has 1 N–H and O–H groups in total. The highest BCUT2D eigenvalue weighted by Crippen LogP contribution is 2.25. The number of nitrogens with zero attached hydrogens (tertiary/aromatic N) is 2. The molecule has 2 amide bonds. The Labute approximate surface area is 182 Å². The van der Waals surface area contributed by atoms with Crippen molar-refractivity contribution in [2.45, 2.75) is 32.2 Å². The topological polar surface area (TPSA) is 54.3 Å². The van der Waals surface area contributed by atoms with Crippen LogP contribution in [0, 0.1) is 5.82 Å². The summed E-state index contributed by atoms with van der Waals surface area (Å²) in [5.74, 6) is 0.220. The van der Waals surface area contributed by atoms with Gasteiger partial charge in [0.25, 0.3) is 5.91 Å². The second-order valence-corrected chi connectivity index (χ2v) is 8.14. The Morgan fingerprint density at radius 2 is 1.65 bits per heavy atom. The molecule has 2 aliphatic rings. The van der Waals surface area contributed by atoms with Gasteiger partial charge in [-0.25, -0.2) is 9.29 Å². The molecular formula is C24H29FN3O3+. The molecule has 164 valence electrons. The number of unbranched alkanes of at least 4 members (excludes halogenated alkanes) is 1. The van der Waals surface area contributed by atoms with Gasteiger partial charge in [-0.05, 0) is 55.0 Å². The molecule has 4 rings (SSSR count). The fourth-order valence-electron chi connectivity index (χ4n) is 4.30. The van der Waals surface area contributed by atoms with Crippen LogP contribution in [0.25, 0.3) is 0 Å². The van der Waals surface area contributed by atoms with Crippen molar-refractivity contribution in [3.05, 3.63) is 54.3 Å². The molecule has 0 bridgehead atoms. The highest BCUT2D eigenvalue weighted by molar-refractivity contribution is 6.21. The third kappa shape index (κ3) is 4.71. The molecule has 0 unspecified atom stereocenters. The zero-order chi connectivity index (χ0) is 21.8. The van der Waals surface area contributed by atoms with Crippen LogP contribution in [0.4, 0.5) is 15.8 Å². The molecule has 2 fully saturated rings. The van der Waals surface area contributed by atoms with Gasteiger partial charge in [-0.3, -0.25) is 9.59 Å². The largest absolute Gasteiger partial charge is 0.494 e. The van der Waals surface area contributed by atoms with Crippen LogP contribution in [-0.4, -0.2) is 50.6 Å². The molecule has 7 heteroatoms. The van der Waals surface area contributed by atoms with Crippen LogP contribution in [0.1, 0.15) is 26.2 Å². The number of halogens is 1. The van der Waals surface area contributed by atoms with Gasteiger partial charge in [-0.15, -0.1) is 0 Å². The van der Waals surface area contributed by atoms with Crippen molar-refractivity contribution in [1.29, 1.82) is 0 Å². The number of carbonyl (C=O) groups is 2. The molecule has 2 aromatic rings. The second-order valence-electron chi connectivity index (χ2n) is 8.14. The van der Waals surface area contributed by atoms with Crippen molar-refractivity contribution in [2.24, 2.45) is 0 Å². The zero-order valence-corrected chi connectivity index (χ0v) is 17.9. The van der Waals surface area contributed by atoms with Crippen molar-refractivity contribution in [2.75, 3.05) is 42.6 Å². The number of hydrogen-bond acceptors (Lipinski definition) is 4. The molecule has 0 aliphatic carbocycles. The van der Waals surface area contributed by atoms with Gasteiger partial charge in [-0.1, -0.05) is 13.3 Å². The lowest BCUT2D eigenvalue weighted by atomic mass is 10.1. The number of anilines is 2. The van der Waals surface area contributed by atoms with Crippen LogP contribution in [0.15, 0.2) is 48.5 Å². The quantitative estimate of drug-likeness (QED) is 0.544. The Balaban J connectivity index is 1.37. The molecule has 6 nitrogen and oxygen atoms in total. The Morgan fingerprint density at radius 1 is 1.00 bits per heavy atom. The number of ether oxygens (including phenoxy) is 1. The number of benzene rings is 2. The summed E-state index contributed by atoms with van der Waals surface area (Å²) in [5, 5.41) is 0.